The molecule has 0 radical (unpaired) electrons. The molecule has 0 saturated carbocycles. The van der Waals surface area contributed by atoms with Crippen LogP contribution in [0, 0.1) is 13.8 Å². The van der Waals surface area contributed by atoms with E-state index >= 15 is 0 Å². The molecule has 0 unspecified atom stereocenters. The Labute approximate surface area is 96.7 Å². The predicted molar refractivity (Wildman–Crippen MR) is 62.4 cm³/mol. The van der Waals surface area contributed by atoms with Crippen LogP contribution in [0.15, 0.2) is 28.7 Å². The molecule has 1 heterocycles. The molecular formula is C11H10BrN3. The number of rotatable bonds is 1. The summed E-state index contributed by atoms with van der Waals surface area (Å²) in [6.07, 6.45) is 0. The van der Waals surface area contributed by atoms with Gasteiger partial charge in [0.15, 0.2) is 5.82 Å². The van der Waals surface area contributed by atoms with E-state index in [1.54, 1.807) is 0 Å². The summed E-state index contributed by atoms with van der Waals surface area (Å²) in [4.78, 5) is 4.39. The van der Waals surface area contributed by atoms with Gasteiger partial charge in [-0.2, -0.15) is 5.10 Å². The van der Waals surface area contributed by atoms with Crippen molar-refractivity contribution >= 4 is 15.9 Å². The number of nitrogens with zero attached hydrogens (tertiary/aromatic N) is 3. The highest BCUT2D eigenvalue weighted by Gasteiger charge is 2.04. The second-order valence-corrected chi connectivity index (χ2v) is 4.23. The maximum atomic E-state index is 4.39. The Morgan fingerprint density at radius 1 is 1.07 bits per heavy atom. The third-order valence-electron chi connectivity index (χ3n) is 2.17. The van der Waals surface area contributed by atoms with Crippen LogP contribution in [0.1, 0.15) is 11.4 Å². The Hall–Kier alpha value is -1.29. The van der Waals surface area contributed by atoms with Gasteiger partial charge >= 0.3 is 0 Å². The van der Waals surface area contributed by atoms with Crippen molar-refractivity contribution in [2.24, 2.45) is 0 Å². The van der Waals surface area contributed by atoms with Crippen molar-refractivity contribution in [3.8, 4) is 11.4 Å². The largest absolute Gasteiger partial charge is 0.230 e. The van der Waals surface area contributed by atoms with Gasteiger partial charge in [-0.3, -0.25) is 0 Å². The highest BCUT2D eigenvalue weighted by molar-refractivity contribution is 9.10. The van der Waals surface area contributed by atoms with Crippen molar-refractivity contribution in [3.05, 3.63) is 40.1 Å². The average Bonchev–Trinajstić information content (AvgIpc) is 2.22. The van der Waals surface area contributed by atoms with Crippen LogP contribution in [0.25, 0.3) is 11.4 Å². The maximum absolute atomic E-state index is 4.39. The Bertz CT molecular complexity index is 497. The molecule has 0 aliphatic rings. The number of hydrogen-bond acceptors (Lipinski definition) is 3. The summed E-state index contributed by atoms with van der Waals surface area (Å²) >= 11 is 3.42. The monoisotopic (exact) mass is 263 g/mol. The lowest BCUT2D eigenvalue weighted by Crippen LogP contribution is -1.98. The molecule has 0 aliphatic heterocycles. The molecule has 76 valence electrons. The van der Waals surface area contributed by atoms with Gasteiger partial charge in [0.2, 0.25) is 0 Å². The van der Waals surface area contributed by atoms with Crippen LogP contribution in [0.4, 0.5) is 0 Å². The zero-order valence-electron chi connectivity index (χ0n) is 8.53. The minimum Gasteiger partial charge on any atom is -0.230 e. The summed E-state index contributed by atoms with van der Waals surface area (Å²) < 4.78 is 1.02. The first-order valence-corrected chi connectivity index (χ1v) is 5.40. The Morgan fingerprint density at radius 2 is 1.87 bits per heavy atom. The minimum absolute atomic E-state index is 0.666. The Kier molecular flexibility index (Phi) is 2.77. The van der Waals surface area contributed by atoms with Gasteiger partial charge in [0, 0.05) is 10.0 Å². The van der Waals surface area contributed by atoms with E-state index in [0.717, 1.165) is 21.4 Å². The standard InChI is InChI=1S/C11H10BrN3/c1-7-8(2)14-15-11(13-7)9-4-3-5-10(12)6-9/h3-6H,1-2H3. The van der Waals surface area contributed by atoms with E-state index in [1.165, 1.54) is 0 Å². The molecule has 0 N–H and O–H groups in total. The van der Waals surface area contributed by atoms with E-state index in [0.29, 0.717) is 5.82 Å². The molecule has 2 aromatic rings. The van der Waals surface area contributed by atoms with Gasteiger partial charge in [-0.15, -0.1) is 5.10 Å². The van der Waals surface area contributed by atoms with Crippen LogP contribution in [-0.2, 0) is 0 Å². The lowest BCUT2D eigenvalue weighted by molar-refractivity contribution is 0.905. The minimum atomic E-state index is 0.666. The van der Waals surface area contributed by atoms with E-state index in [2.05, 4.69) is 31.1 Å². The molecule has 0 spiro atoms. The number of benzene rings is 1. The quantitative estimate of drug-likeness (QED) is 0.794. The molecule has 0 saturated heterocycles. The molecule has 1 aromatic carbocycles. The highest BCUT2D eigenvalue weighted by Crippen LogP contribution is 2.19. The smallest absolute Gasteiger partial charge is 0.182 e. The molecule has 4 heteroatoms. The predicted octanol–water partition coefficient (Wildman–Crippen LogP) is 2.92. The second kappa shape index (κ2) is 4.06. The van der Waals surface area contributed by atoms with E-state index < -0.39 is 0 Å². The fraction of sp³-hybridized carbons (Fsp3) is 0.182. The molecule has 2 rings (SSSR count). The molecule has 0 fully saturated rings. The summed E-state index contributed by atoms with van der Waals surface area (Å²) in [5.74, 6) is 0.666. The highest BCUT2D eigenvalue weighted by atomic mass is 79.9. The summed E-state index contributed by atoms with van der Waals surface area (Å²) in [5.41, 5.74) is 2.76. The van der Waals surface area contributed by atoms with Crippen LogP contribution in [0.3, 0.4) is 0 Å². The van der Waals surface area contributed by atoms with Gasteiger partial charge in [0.25, 0.3) is 0 Å². The van der Waals surface area contributed by atoms with Gasteiger partial charge in [0.05, 0.1) is 11.4 Å². The SMILES string of the molecule is Cc1nnc(-c2cccc(Br)c2)nc1C. The number of hydrogen-bond donors (Lipinski definition) is 0. The molecule has 0 aliphatic carbocycles. The zero-order valence-corrected chi connectivity index (χ0v) is 10.1. The summed E-state index contributed by atoms with van der Waals surface area (Å²) in [6.45, 7) is 3.84. The third kappa shape index (κ3) is 2.21. The van der Waals surface area contributed by atoms with Crippen LogP contribution >= 0.6 is 15.9 Å². The zero-order chi connectivity index (χ0) is 10.8. The van der Waals surface area contributed by atoms with Gasteiger partial charge < -0.3 is 0 Å². The average molecular weight is 264 g/mol. The first-order chi connectivity index (χ1) is 7.16. The summed E-state index contributed by atoms with van der Waals surface area (Å²) in [6, 6.07) is 7.87. The van der Waals surface area contributed by atoms with E-state index in [4.69, 9.17) is 0 Å². The first kappa shape index (κ1) is 10.2. The maximum Gasteiger partial charge on any atom is 0.182 e. The van der Waals surface area contributed by atoms with Gasteiger partial charge in [0.1, 0.15) is 0 Å². The first-order valence-electron chi connectivity index (χ1n) is 4.60. The van der Waals surface area contributed by atoms with Gasteiger partial charge in [-0.1, -0.05) is 28.1 Å². The summed E-state index contributed by atoms with van der Waals surface area (Å²) in [5, 5.41) is 8.13. The van der Waals surface area contributed by atoms with Crippen molar-refractivity contribution in [3.63, 3.8) is 0 Å². The Morgan fingerprint density at radius 3 is 2.53 bits per heavy atom. The van der Waals surface area contributed by atoms with Gasteiger partial charge in [-0.25, -0.2) is 4.98 Å². The molecule has 0 bridgehead atoms. The molecular weight excluding hydrogens is 254 g/mol. The normalized spacial score (nSPS) is 10.3. The van der Waals surface area contributed by atoms with Crippen LogP contribution in [-0.4, -0.2) is 15.2 Å². The van der Waals surface area contributed by atoms with Crippen molar-refractivity contribution < 1.29 is 0 Å². The van der Waals surface area contributed by atoms with Crippen LogP contribution < -0.4 is 0 Å². The number of aryl methyl sites for hydroxylation is 2. The molecule has 15 heavy (non-hydrogen) atoms. The van der Waals surface area contributed by atoms with Crippen LogP contribution in [0.5, 0.6) is 0 Å². The Balaban J connectivity index is 2.50. The van der Waals surface area contributed by atoms with Crippen molar-refractivity contribution in [1.29, 1.82) is 0 Å². The third-order valence-corrected chi connectivity index (χ3v) is 2.67. The summed E-state index contributed by atoms with van der Waals surface area (Å²) in [7, 11) is 0. The van der Waals surface area contributed by atoms with Gasteiger partial charge in [-0.05, 0) is 26.0 Å². The molecule has 0 atom stereocenters. The fourth-order valence-electron chi connectivity index (χ4n) is 1.21. The lowest BCUT2D eigenvalue weighted by atomic mass is 10.2. The number of halogens is 1. The van der Waals surface area contributed by atoms with Crippen molar-refractivity contribution in [1.82, 2.24) is 15.2 Å². The van der Waals surface area contributed by atoms with E-state index in [9.17, 15) is 0 Å². The van der Waals surface area contributed by atoms with Crippen molar-refractivity contribution in [2.45, 2.75) is 13.8 Å². The molecule has 1 aromatic heterocycles. The van der Waals surface area contributed by atoms with Crippen molar-refractivity contribution in [2.75, 3.05) is 0 Å². The molecule has 0 amide bonds. The fourth-order valence-corrected chi connectivity index (χ4v) is 1.61. The van der Waals surface area contributed by atoms with Crippen LogP contribution in [0.2, 0.25) is 0 Å². The number of aromatic nitrogens is 3. The second-order valence-electron chi connectivity index (χ2n) is 3.32. The topological polar surface area (TPSA) is 38.7 Å². The van der Waals surface area contributed by atoms with E-state index in [-0.39, 0.29) is 0 Å². The van der Waals surface area contributed by atoms with E-state index in [1.807, 2.05) is 38.1 Å². The molecule has 3 nitrogen and oxygen atoms in total. The lowest BCUT2D eigenvalue weighted by Gasteiger charge is -2.02.